The van der Waals surface area contributed by atoms with Gasteiger partial charge in [-0.05, 0) is 33.6 Å². The summed E-state index contributed by atoms with van der Waals surface area (Å²) in [6, 6.07) is -0.302. The lowest BCUT2D eigenvalue weighted by atomic mass is 9.97. The van der Waals surface area contributed by atoms with Gasteiger partial charge in [-0.25, -0.2) is 0 Å². The Bertz CT molecular complexity index is 225. The molecule has 0 heterocycles. The largest absolute Gasteiger partial charge is 0.392 e. The zero-order chi connectivity index (χ0) is 12.9. The molecule has 3 N–H and O–H groups in total. The van der Waals surface area contributed by atoms with Crippen molar-refractivity contribution in [2.75, 3.05) is 6.54 Å². The van der Waals surface area contributed by atoms with Crippen molar-refractivity contribution >= 4 is 5.91 Å². The van der Waals surface area contributed by atoms with E-state index in [9.17, 15) is 9.90 Å². The van der Waals surface area contributed by atoms with Crippen LogP contribution in [-0.2, 0) is 4.79 Å². The van der Waals surface area contributed by atoms with Gasteiger partial charge in [0.1, 0.15) is 0 Å². The van der Waals surface area contributed by atoms with E-state index in [2.05, 4.69) is 24.5 Å². The van der Waals surface area contributed by atoms with E-state index < -0.39 is 11.6 Å². The Hall–Kier alpha value is -0.610. The Kier molecular flexibility index (Phi) is 5.97. The minimum Gasteiger partial charge on any atom is -0.392 e. The van der Waals surface area contributed by atoms with E-state index in [4.69, 9.17) is 0 Å². The first-order valence-corrected chi connectivity index (χ1v) is 5.90. The van der Waals surface area contributed by atoms with E-state index in [1.165, 1.54) is 0 Å². The van der Waals surface area contributed by atoms with Gasteiger partial charge in [0, 0.05) is 12.1 Å². The topological polar surface area (TPSA) is 61.4 Å². The first-order chi connectivity index (χ1) is 7.16. The molecule has 0 aromatic carbocycles. The third-order valence-corrected chi connectivity index (χ3v) is 2.71. The number of aliphatic hydroxyl groups excluding tert-OH is 1. The molecule has 4 nitrogen and oxygen atoms in total. The summed E-state index contributed by atoms with van der Waals surface area (Å²) in [6.45, 7) is 12.1. The third-order valence-electron chi connectivity index (χ3n) is 2.71. The van der Waals surface area contributed by atoms with Crippen LogP contribution in [-0.4, -0.2) is 35.2 Å². The van der Waals surface area contributed by atoms with Crippen molar-refractivity contribution in [3.8, 4) is 0 Å². The number of hydrogen-bond acceptors (Lipinski definition) is 3. The van der Waals surface area contributed by atoms with Crippen molar-refractivity contribution in [3.63, 3.8) is 0 Å². The standard InChI is InChI=1S/C12H26N2O2/c1-8(2)7-13-11(16)9(3)14-12(5,6)10(4)15/h8-10,14-15H,7H2,1-6H3,(H,13,16). The number of carbonyl (C=O) groups is 1. The lowest BCUT2D eigenvalue weighted by Crippen LogP contribution is -2.56. The van der Waals surface area contributed by atoms with Crippen molar-refractivity contribution in [2.24, 2.45) is 5.92 Å². The molecule has 0 aromatic heterocycles. The monoisotopic (exact) mass is 230 g/mol. The Morgan fingerprint density at radius 2 is 1.75 bits per heavy atom. The highest BCUT2D eigenvalue weighted by Gasteiger charge is 2.27. The highest BCUT2D eigenvalue weighted by molar-refractivity contribution is 5.81. The molecule has 0 fully saturated rings. The quantitative estimate of drug-likeness (QED) is 0.635. The number of carbonyl (C=O) groups excluding carboxylic acids is 1. The van der Waals surface area contributed by atoms with Crippen LogP contribution in [0.2, 0.25) is 0 Å². The lowest BCUT2D eigenvalue weighted by molar-refractivity contribution is -0.123. The van der Waals surface area contributed by atoms with Crippen molar-refractivity contribution < 1.29 is 9.90 Å². The van der Waals surface area contributed by atoms with Crippen LogP contribution < -0.4 is 10.6 Å². The van der Waals surface area contributed by atoms with E-state index in [0.717, 1.165) is 0 Å². The zero-order valence-corrected chi connectivity index (χ0v) is 11.3. The normalized spacial score (nSPS) is 16.0. The van der Waals surface area contributed by atoms with E-state index in [1.807, 2.05) is 13.8 Å². The number of aliphatic hydroxyl groups is 1. The molecule has 0 aliphatic rings. The molecule has 16 heavy (non-hydrogen) atoms. The van der Waals surface area contributed by atoms with Gasteiger partial charge < -0.3 is 10.4 Å². The van der Waals surface area contributed by atoms with E-state index >= 15 is 0 Å². The van der Waals surface area contributed by atoms with Crippen LogP contribution >= 0.6 is 0 Å². The van der Waals surface area contributed by atoms with Crippen LogP contribution in [0.3, 0.4) is 0 Å². The molecule has 0 saturated heterocycles. The highest BCUT2D eigenvalue weighted by atomic mass is 16.3. The minimum absolute atomic E-state index is 0.0255. The second-order valence-corrected chi connectivity index (χ2v) is 5.40. The van der Waals surface area contributed by atoms with Gasteiger partial charge in [-0.3, -0.25) is 10.1 Å². The zero-order valence-electron chi connectivity index (χ0n) is 11.3. The Morgan fingerprint density at radius 1 is 1.25 bits per heavy atom. The smallest absolute Gasteiger partial charge is 0.236 e. The summed E-state index contributed by atoms with van der Waals surface area (Å²) < 4.78 is 0. The summed E-state index contributed by atoms with van der Waals surface area (Å²) in [5, 5.41) is 15.5. The number of hydrogen-bond donors (Lipinski definition) is 3. The van der Waals surface area contributed by atoms with Gasteiger partial charge in [-0.2, -0.15) is 0 Å². The number of rotatable bonds is 6. The Morgan fingerprint density at radius 3 is 2.12 bits per heavy atom. The maximum Gasteiger partial charge on any atom is 0.236 e. The molecule has 0 saturated carbocycles. The van der Waals surface area contributed by atoms with Crippen LogP contribution in [0.15, 0.2) is 0 Å². The second-order valence-electron chi connectivity index (χ2n) is 5.40. The summed E-state index contributed by atoms with van der Waals surface area (Å²) in [5.74, 6) is 0.420. The van der Waals surface area contributed by atoms with Crippen molar-refractivity contribution in [2.45, 2.75) is 59.2 Å². The van der Waals surface area contributed by atoms with Gasteiger partial charge in [0.15, 0.2) is 0 Å². The molecule has 0 radical (unpaired) electrons. The van der Waals surface area contributed by atoms with Crippen LogP contribution in [0.25, 0.3) is 0 Å². The predicted molar refractivity (Wildman–Crippen MR) is 66.2 cm³/mol. The van der Waals surface area contributed by atoms with Crippen molar-refractivity contribution in [1.29, 1.82) is 0 Å². The number of nitrogens with one attached hydrogen (secondary N) is 2. The summed E-state index contributed by atoms with van der Waals surface area (Å²) in [7, 11) is 0. The molecule has 0 spiro atoms. The average Bonchev–Trinajstić information content (AvgIpc) is 2.12. The molecule has 1 amide bonds. The molecule has 0 rings (SSSR count). The molecule has 2 unspecified atom stereocenters. The van der Waals surface area contributed by atoms with Crippen LogP contribution in [0.4, 0.5) is 0 Å². The van der Waals surface area contributed by atoms with Crippen molar-refractivity contribution in [3.05, 3.63) is 0 Å². The summed E-state index contributed by atoms with van der Waals surface area (Å²) in [5.41, 5.74) is -0.464. The van der Waals surface area contributed by atoms with Gasteiger partial charge >= 0.3 is 0 Å². The van der Waals surface area contributed by atoms with E-state index in [1.54, 1.807) is 13.8 Å². The SMILES string of the molecule is CC(C)CNC(=O)C(C)NC(C)(C)C(C)O. The molecule has 0 aromatic rings. The molecule has 0 aliphatic carbocycles. The van der Waals surface area contributed by atoms with Gasteiger partial charge in [0.2, 0.25) is 5.91 Å². The molecule has 96 valence electrons. The Balaban J connectivity index is 4.15. The van der Waals surface area contributed by atoms with Crippen LogP contribution in [0, 0.1) is 5.92 Å². The molecule has 0 bridgehead atoms. The van der Waals surface area contributed by atoms with Crippen molar-refractivity contribution in [1.82, 2.24) is 10.6 Å². The van der Waals surface area contributed by atoms with Gasteiger partial charge in [0.25, 0.3) is 0 Å². The summed E-state index contributed by atoms with van der Waals surface area (Å²) in [6.07, 6.45) is -0.507. The van der Waals surface area contributed by atoms with Gasteiger partial charge in [0.05, 0.1) is 12.1 Å². The summed E-state index contributed by atoms with van der Waals surface area (Å²) in [4.78, 5) is 11.7. The lowest BCUT2D eigenvalue weighted by Gasteiger charge is -2.32. The molecule has 2 atom stereocenters. The molecule has 0 aliphatic heterocycles. The maximum atomic E-state index is 11.7. The Labute approximate surface area is 98.8 Å². The van der Waals surface area contributed by atoms with Gasteiger partial charge in [-0.15, -0.1) is 0 Å². The minimum atomic E-state index is -0.507. The third kappa shape index (κ3) is 5.47. The predicted octanol–water partition coefficient (Wildman–Crippen LogP) is 0.896. The molecule has 4 heteroatoms. The summed E-state index contributed by atoms with van der Waals surface area (Å²) >= 11 is 0. The first-order valence-electron chi connectivity index (χ1n) is 5.90. The maximum absolute atomic E-state index is 11.7. The average molecular weight is 230 g/mol. The fraction of sp³-hybridized carbons (Fsp3) is 0.917. The van der Waals surface area contributed by atoms with E-state index in [-0.39, 0.29) is 11.9 Å². The second kappa shape index (κ2) is 6.21. The van der Waals surface area contributed by atoms with Crippen LogP contribution in [0.1, 0.15) is 41.5 Å². The molecular weight excluding hydrogens is 204 g/mol. The number of amides is 1. The first kappa shape index (κ1) is 15.4. The van der Waals surface area contributed by atoms with Crippen LogP contribution in [0.5, 0.6) is 0 Å². The molecular formula is C12H26N2O2. The van der Waals surface area contributed by atoms with Gasteiger partial charge in [-0.1, -0.05) is 13.8 Å². The highest BCUT2D eigenvalue weighted by Crippen LogP contribution is 2.09. The fourth-order valence-corrected chi connectivity index (χ4v) is 1.20. The fourth-order valence-electron chi connectivity index (χ4n) is 1.20. The van der Waals surface area contributed by atoms with E-state index in [0.29, 0.717) is 12.5 Å².